The third-order valence-electron chi connectivity index (χ3n) is 3.13. The van der Waals surface area contributed by atoms with Gasteiger partial charge in [0.25, 0.3) is 5.91 Å². The van der Waals surface area contributed by atoms with Crippen LogP contribution < -0.4 is 0 Å². The van der Waals surface area contributed by atoms with Gasteiger partial charge in [-0.1, -0.05) is 0 Å². The lowest BCUT2D eigenvalue weighted by molar-refractivity contribution is 0.0737. The number of nitrogens with zero attached hydrogens (tertiary/aromatic N) is 3. The molecule has 1 atom stereocenters. The van der Waals surface area contributed by atoms with Gasteiger partial charge in [-0.05, 0) is 24.6 Å². The zero-order chi connectivity index (χ0) is 14.5. The number of hydrogen-bond donors (Lipinski definition) is 0. The summed E-state index contributed by atoms with van der Waals surface area (Å²) in [6.45, 7) is 2.41. The zero-order valence-electron chi connectivity index (χ0n) is 11.7. The van der Waals surface area contributed by atoms with E-state index in [0.717, 1.165) is 10.6 Å². The second kappa shape index (κ2) is 6.58. The van der Waals surface area contributed by atoms with Crippen molar-refractivity contribution < 1.29 is 9.53 Å². The molecule has 0 aliphatic heterocycles. The van der Waals surface area contributed by atoms with Crippen molar-refractivity contribution in [3.63, 3.8) is 0 Å². The Balaban J connectivity index is 2.11. The Labute approximate surface area is 122 Å². The Morgan fingerprint density at radius 3 is 2.80 bits per heavy atom. The van der Waals surface area contributed by atoms with Gasteiger partial charge >= 0.3 is 0 Å². The average Bonchev–Trinajstić information content (AvgIpc) is 2.95. The first-order valence-corrected chi connectivity index (χ1v) is 7.12. The summed E-state index contributed by atoms with van der Waals surface area (Å²) in [6, 6.07) is 3.79. The molecule has 0 fully saturated rings. The second-order valence-corrected chi connectivity index (χ2v) is 5.37. The summed E-state index contributed by atoms with van der Waals surface area (Å²) in [4.78, 5) is 22.3. The molecule has 6 heteroatoms. The van der Waals surface area contributed by atoms with E-state index in [-0.39, 0.29) is 11.9 Å². The van der Waals surface area contributed by atoms with Crippen LogP contribution in [0.4, 0.5) is 0 Å². The molecule has 0 bridgehead atoms. The number of hydrogen-bond acceptors (Lipinski definition) is 5. The molecule has 0 radical (unpaired) electrons. The van der Waals surface area contributed by atoms with E-state index in [1.165, 1.54) is 11.3 Å². The van der Waals surface area contributed by atoms with Gasteiger partial charge in [0, 0.05) is 31.9 Å². The van der Waals surface area contributed by atoms with Gasteiger partial charge in [-0.25, -0.2) is 4.98 Å². The van der Waals surface area contributed by atoms with E-state index in [4.69, 9.17) is 4.74 Å². The monoisotopic (exact) mass is 291 g/mol. The van der Waals surface area contributed by atoms with Crippen LogP contribution in [0, 0.1) is 0 Å². The van der Waals surface area contributed by atoms with Gasteiger partial charge in [0.2, 0.25) is 0 Å². The van der Waals surface area contributed by atoms with Crippen LogP contribution in [0.5, 0.6) is 0 Å². The summed E-state index contributed by atoms with van der Waals surface area (Å²) in [5.41, 5.74) is 1.51. The van der Waals surface area contributed by atoms with Crippen LogP contribution in [0.15, 0.2) is 29.9 Å². The summed E-state index contributed by atoms with van der Waals surface area (Å²) in [5.74, 6) is -0.0899. The molecule has 0 aliphatic carbocycles. The Hall–Kier alpha value is -1.79. The Bertz CT molecular complexity index is 571. The molecule has 106 valence electrons. The molecule has 2 aromatic rings. The topological polar surface area (TPSA) is 55.3 Å². The van der Waals surface area contributed by atoms with Gasteiger partial charge in [0.05, 0.1) is 12.6 Å². The van der Waals surface area contributed by atoms with E-state index < -0.39 is 0 Å². The fourth-order valence-electron chi connectivity index (χ4n) is 1.82. The minimum atomic E-state index is -0.0899. The summed E-state index contributed by atoms with van der Waals surface area (Å²) in [7, 11) is 3.39. The standard InChI is InChI=1S/C14H17N3O2S/c1-10(11-4-6-15-7-5-11)17(2)14(18)12-9-20-13(16-12)8-19-3/h4-7,9-10H,8H2,1-3H3/t10-/m0/s1. The molecule has 0 saturated heterocycles. The predicted octanol–water partition coefficient (Wildman–Crippen LogP) is 2.52. The molecule has 2 rings (SSSR count). The predicted molar refractivity (Wildman–Crippen MR) is 77.6 cm³/mol. The second-order valence-electron chi connectivity index (χ2n) is 4.43. The molecular formula is C14H17N3O2S. The minimum absolute atomic E-state index is 0.0296. The van der Waals surface area contributed by atoms with Crippen molar-refractivity contribution in [2.24, 2.45) is 0 Å². The molecule has 0 aromatic carbocycles. The molecule has 1 amide bonds. The highest BCUT2D eigenvalue weighted by Crippen LogP contribution is 2.21. The van der Waals surface area contributed by atoms with Crippen molar-refractivity contribution in [2.75, 3.05) is 14.2 Å². The largest absolute Gasteiger partial charge is 0.378 e. The first kappa shape index (κ1) is 14.6. The Morgan fingerprint density at radius 2 is 2.15 bits per heavy atom. The summed E-state index contributed by atoms with van der Waals surface area (Å²) in [5, 5.41) is 2.58. The Kier molecular flexibility index (Phi) is 4.81. The first-order valence-electron chi connectivity index (χ1n) is 6.24. The van der Waals surface area contributed by atoms with Crippen LogP contribution in [0.1, 0.15) is 34.0 Å². The van der Waals surface area contributed by atoms with Crippen molar-refractivity contribution >= 4 is 17.2 Å². The highest BCUT2D eigenvalue weighted by atomic mass is 32.1. The van der Waals surface area contributed by atoms with Gasteiger partial charge in [0.15, 0.2) is 0 Å². The smallest absolute Gasteiger partial charge is 0.273 e. The van der Waals surface area contributed by atoms with Crippen LogP contribution >= 0.6 is 11.3 Å². The third kappa shape index (κ3) is 3.20. The molecule has 0 spiro atoms. The highest BCUT2D eigenvalue weighted by molar-refractivity contribution is 7.09. The first-order chi connectivity index (χ1) is 9.63. The summed E-state index contributed by atoms with van der Waals surface area (Å²) in [6.07, 6.45) is 3.45. The lowest BCUT2D eigenvalue weighted by Crippen LogP contribution is -2.29. The number of amides is 1. The summed E-state index contributed by atoms with van der Waals surface area (Å²) >= 11 is 1.43. The fraction of sp³-hybridized carbons (Fsp3) is 0.357. The van der Waals surface area contributed by atoms with Gasteiger partial charge in [-0.3, -0.25) is 9.78 Å². The van der Waals surface area contributed by atoms with Gasteiger partial charge in [-0.15, -0.1) is 11.3 Å². The van der Waals surface area contributed by atoms with E-state index in [2.05, 4.69) is 9.97 Å². The number of ether oxygens (including phenoxy) is 1. The zero-order valence-corrected chi connectivity index (χ0v) is 12.6. The minimum Gasteiger partial charge on any atom is -0.378 e. The number of carbonyl (C=O) groups is 1. The van der Waals surface area contributed by atoms with Crippen LogP contribution in [0.3, 0.4) is 0 Å². The quantitative estimate of drug-likeness (QED) is 0.849. The number of thiazole rings is 1. The number of carbonyl (C=O) groups excluding carboxylic acids is 1. The maximum atomic E-state index is 12.4. The van der Waals surface area contributed by atoms with Crippen molar-refractivity contribution in [2.45, 2.75) is 19.6 Å². The maximum Gasteiger partial charge on any atom is 0.273 e. The molecule has 2 aromatic heterocycles. The van der Waals surface area contributed by atoms with Crippen molar-refractivity contribution in [1.82, 2.24) is 14.9 Å². The van der Waals surface area contributed by atoms with E-state index in [1.807, 2.05) is 19.1 Å². The number of methoxy groups -OCH3 is 1. The molecular weight excluding hydrogens is 274 g/mol. The number of rotatable bonds is 5. The molecule has 5 nitrogen and oxygen atoms in total. The lowest BCUT2D eigenvalue weighted by Gasteiger charge is -2.24. The third-order valence-corrected chi connectivity index (χ3v) is 3.95. The molecule has 0 aliphatic rings. The van der Waals surface area contributed by atoms with Crippen molar-refractivity contribution in [3.8, 4) is 0 Å². The average molecular weight is 291 g/mol. The Morgan fingerprint density at radius 1 is 1.45 bits per heavy atom. The van der Waals surface area contributed by atoms with Gasteiger partial charge in [0.1, 0.15) is 10.7 Å². The van der Waals surface area contributed by atoms with Crippen LogP contribution in [-0.2, 0) is 11.3 Å². The van der Waals surface area contributed by atoms with Crippen LogP contribution in [-0.4, -0.2) is 34.9 Å². The van der Waals surface area contributed by atoms with Gasteiger partial charge < -0.3 is 9.64 Å². The molecule has 20 heavy (non-hydrogen) atoms. The SMILES string of the molecule is COCc1nc(C(=O)N(C)[C@@H](C)c2ccncc2)cs1. The van der Waals surface area contributed by atoms with E-state index in [0.29, 0.717) is 12.3 Å². The van der Waals surface area contributed by atoms with E-state index >= 15 is 0 Å². The normalized spacial score (nSPS) is 12.2. The number of aromatic nitrogens is 2. The van der Waals surface area contributed by atoms with Crippen LogP contribution in [0.25, 0.3) is 0 Å². The molecule has 0 saturated carbocycles. The molecule has 0 unspecified atom stereocenters. The molecule has 2 heterocycles. The maximum absolute atomic E-state index is 12.4. The fourth-order valence-corrected chi connectivity index (χ4v) is 2.56. The van der Waals surface area contributed by atoms with Gasteiger partial charge in [-0.2, -0.15) is 0 Å². The summed E-state index contributed by atoms with van der Waals surface area (Å²) < 4.78 is 5.01. The van der Waals surface area contributed by atoms with Crippen LogP contribution in [0.2, 0.25) is 0 Å². The van der Waals surface area contributed by atoms with Crippen molar-refractivity contribution in [1.29, 1.82) is 0 Å². The molecule has 0 N–H and O–H groups in total. The highest BCUT2D eigenvalue weighted by Gasteiger charge is 2.21. The van der Waals surface area contributed by atoms with Crippen molar-refractivity contribution in [3.05, 3.63) is 46.2 Å². The van der Waals surface area contributed by atoms with E-state index in [9.17, 15) is 4.79 Å². The number of pyridine rings is 1. The van der Waals surface area contributed by atoms with E-state index in [1.54, 1.807) is 36.8 Å². The lowest BCUT2D eigenvalue weighted by atomic mass is 10.1.